The van der Waals surface area contributed by atoms with Gasteiger partial charge in [-0.2, -0.15) is 0 Å². The molecule has 1 fully saturated rings. The summed E-state index contributed by atoms with van der Waals surface area (Å²) in [6, 6.07) is 2.03. The van der Waals surface area contributed by atoms with Crippen molar-refractivity contribution in [3.05, 3.63) is 29.8 Å². The highest BCUT2D eigenvalue weighted by Gasteiger charge is 2.22. The quantitative estimate of drug-likeness (QED) is 0.889. The lowest BCUT2D eigenvalue weighted by Crippen LogP contribution is -2.43. The molecule has 7 nitrogen and oxygen atoms in total. The van der Waals surface area contributed by atoms with E-state index in [4.69, 9.17) is 17.3 Å². The average Bonchev–Trinajstić information content (AvgIpc) is 2.53. The Morgan fingerprint density at radius 2 is 2.05 bits per heavy atom. The van der Waals surface area contributed by atoms with Crippen LogP contribution in [0.15, 0.2) is 24.8 Å². The number of rotatable bonds is 3. The predicted molar refractivity (Wildman–Crippen MR) is 82.3 cm³/mol. The molecule has 0 unspecified atom stereocenters. The Balaban J connectivity index is 1.70. The fourth-order valence-corrected chi connectivity index (χ4v) is 2.56. The highest BCUT2D eigenvalue weighted by Crippen LogP contribution is 2.25. The lowest BCUT2D eigenvalue weighted by Gasteiger charge is -2.33. The molecule has 3 N–H and O–H groups in total. The van der Waals surface area contributed by atoms with Gasteiger partial charge in [0.15, 0.2) is 5.82 Å². The molecule has 3 rings (SSSR count). The number of anilines is 3. The minimum atomic E-state index is 0.217. The van der Waals surface area contributed by atoms with Crippen molar-refractivity contribution in [1.29, 1.82) is 0 Å². The average molecular weight is 306 g/mol. The van der Waals surface area contributed by atoms with Crippen LogP contribution in [0.4, 0.5) is 17.6 Å². The van der Waals surface area contributed by atoms with Crippen molar-refractivity contribution in [3.8, 4) is 0 Å². The number of nitrogen functional groups attached to an aromatic ring is 1. The Morgan fingerprint density at radius 3 is 2.86 bits per heavy atom. The number of piperidine rings is 1. The van der Waals surface area contributed by atoms with Crippen molar-refractivity contribution in [2.75, 3.05) is 29.0 Å². The Bertz CT molecular complexity index is 607. The molecule has 21 heavy (non-hydrogen) atoms. The van der Waals surface area contributed by atoms with Gasteiger partial charge in [0.05, 0.1) is 0 Å². The first-order chi connectivity index (χ1) is 10.2. The van der Waals surface area contributed by atoms with E-state index >= 15 is 0 Å². The highest BCUT2D eigenvalue weighted by atomic mass is 35.5. The molecule has 2 aromatic rings. The molecule has 0 aliphatic carbocycles. The van der Waals surface area contributed by atoms with Crippen LogP contribution in [0.2, 0.25) is 5.02 Å². The van der Waals surface area contributed by atoms with Gasteiger partial charge < -0.3 is 16.0 Å². The van der Waals surface area contributed by atoms with Crippen molar-refractivity contribution in [1.82, 2.24) is 19.9 Å². The summed E-state index contributed by atoms with van der Waals surface area (Å²) in [5.74, 6) is 1.61. The van der Waals surface area contributed by atoms with Crippen molar-refractivity contribution >= 4 is 29.2 Å². The third-order valence-electron chi connectivity index (χ3n) is 3.41. The van der Waals surface area contributed by atoms with Gasteiger partial charge >= 0.3 is 0 Å². The maximum absolute atomic E-state index is 6.12. The van der Waals surface area contributed by atoms with E-state index in [9.17, 15) is 0 Å². The molecule has 0 saturated carbocycles. The second-order valence-electron chi connectivity index (χ2n) is 4.90. The lowest BCUT2D eigenvalue weighted by molar-refractivity contribution is 0.521. The fourth-order valence-electron chi connectivity index (χ4n) is 2.41. The van der Waals surface area contributed by atoms with Crippen molar-refractivity contribution in [3.63, 3.8) is 0 Å². The molecule has 0 spiro atoms. The van der Waals surface area contributed by atoms with E-state index < -0.39 is 0 Å². The molecular formula is C13H16ClN7. The topological polar surface area (TPSA) is 92.8 Å². The van der Waals surface area contributed by atoms with E-state index in [1.165, 1.54) is 6.33 Å². The number of nitrogens with zero attached hydrogens (tertiary/aromatic N) is 5. The molecule has 110 valence electrons. The Labute approximate surface area is 127 Å². The van der Waals surface area contributed by atoms with Gasteiger partial charge in [0, 0.05) is 31.5 Å². The first kappa shape index (κ1) is 13.8. The molecular weight excluding hydrogens is 290 g/mol. The first-order valence-electron chi connectivity index (χ1n) is 6.78. The molecule has 1 saturated heterocycles. The molecule has 1 aliphatic rings. The van der Waals surface area contributed by atoms with Crippen molar-refractivity contribution in [2.24, 2.45) is 0 Å². The number of nitrogens with two attached hydrogens (primary N) is 1. The molecule has 0 bridgehead atoms. The maximum atomic E-state index is 6.12. The first-order valence-corrected chi connectivity index (χ1v) is 7.16. The molecule has 0 amide bonds. The summed E-state index contributed by atoms with van der Waals surface area (Å²) in [6.07, 6.45) is 6.99. The number of hydrogen-bond acceptors (Lipinski definition) is 7. The van der Waals surface area contributed by atoms with Crippen LogP contribution in [0.3, 0.4) is 0 Å². The molecule has 8 heteroatoms. The molecule has 0 aromatic carbocycles. The van der Waals surface area contributed by atoms with Crippen LogP contribution in [0.5, 0.6) is 0 Å². The second-order valence-corrected chi connectivity index (χ2v) is 5.28. The number of hydrogen-bond donors (Lipinski definition) is 2. The Morgan fingerprint density at radius 1 is 1.24 bits per heavy atom. The van der Waals surface area contributed by atoms with E-state index in [2.05, 4.69) is 30.2 Å². The number of aromatic nitrogens is 4. The molecule has 2 aromatic heterocycles. The number of nitrogens with one attached hydrogen (secondary N) is 1. The largest absolute Gasteiger partial charge is 0.382 e. The second kappa shape index (κ2) is 6.09. The zero-order chi connectivity index (χ0) is 14.7. The van der Waals surface area contributed by atoms with Gasteiger partial charge in [0.25, 0.3) is 0 Å². The van der Waals surface area contributed by atoms with E-state index in [1.54, 1.807) is 12.4 Å². The van der Waals surface area contributed by atoms with Crippen LogP contribution in [-0.2, 0) is 0 Å². The van der Waals surface area contributed by atoms with Crippen molar-refractivity contribution in [2.45, 2.75) is 18.9 Å². The highest BCUT2D eigenvalue weighted by molar-refractivity contribution is 6.35. The van der Waals surface area contributed by atoms with Crippen LogP contribution in [-0.4, -0.2) is 39.1 Å². The van der Waals surface area contributed by atoms with Crippen LogP contribution in [0.1, 0.15) is 12.8 Å². The maximum Gasteiger partial charge on any atom is 0.225 e. The lowest BCUT2D eigenvalue weighted by atomic mass is 10.1. The molecule has 0 radical (unpaired) electrons. The molecule has 1 aliphatic heterocycles. The van der Waals surface area contributed by atoms with Gasteiger partial charge in [-0.15, -0.1) is 0 Å². The third kappa shape index (κ3) is 3.13. The van der Waals surface area contributed by atoms with Gasteiger partial charge in [-0.3, -0.25) is 0 Å². The summed E-state index contributed by atoms with van der Waals surface area (Å²) in [5.41, 5.74) is 5.69. The molecule has 1 atom stereocenters. The zero-order valence-corrected chi connectivity index (χ0v) is 12.2. The summed E-state index contributed by atoms with van der Waals surface area (Å²) < 4.78 is 0. The van der Waals surface area contributed by atoms with Crippen LogP contribution in [0, 0.1) is 0 Å². The zero-order valence-electron chi connectivity index (χ0n) is 11.4. The van der Waals surface area contributed by atoms with Gasteiger partial charge in [0.2, 0.25) is 5.95 Å². The summed E-state index contributed by atoms with van der Waals surface area (Å²) in [6.45, 7) is 1.74. The van der Waals surface area contributed by atoms with Crippen LogP contribution < -0.4 is 16.0 Å². The van der Waals surface area contributed by atoms with Crippen LogP contribution >= 0.6 is 11.6 Å². The van der Waals surface area contributed by atoms with Gasteiger partial charge in [-0.1, -0.05) is 11.6 Å². The van der Waals surface area contributed by atoms with Gasteiger partial charge in [-0.25, -0.2) is 19.9 Å². The van der Waals surface area contributed by atoms with E-state index in [-0.39, 0.29) is 11.9 Å². The summed E-state index contributed by atoms with van der Waals surface area (Å²) >= 11 is 6.12. The Hall–Kier alpha value is -2.15. The summed E-state index contributed by atoms with van der Waals surface area (Å²) in [5, 5.41) is 3.70. The van der Waals surface area contributed by atoms with E-state index in [1.807, 2.05) is 6.07 Å². The van der Waals surface area contributed by atoms with Gasteiger partial charge in [-0.05, 0) is 18.9 Å². The third-order valence-corrected chi connectivity index (χ3v) is 3.79. The standard InChI is InChI=1S/C13H16ClN7/c14-10-11(15)18-8-19-12(10)20-9-3-1-6-21(7-9)13-16-4-2-5-17-13/h2,4-5,8-9H,1,3,6-7H2,(H3,15,18,19,20)/t9-/m1/s1. The smallest absolute Gasteiger partial charge is 0.225 e. The fraction of sp³-hybridized carbons (Fsp3) is 0.385. The predicted octanol–water partition coefficient (Wildman–Crippen LogP) is 1.58. The molecule has 3 heterocycles. The minimum Gasteiger partial charge on any atom is -0.382 e. The van der Waals surface area contributed by atoms with Crippen molar-refractivity contribution < 1.29 is 0 Å². The number of halogens is 1. The summed E-state index contributed by atoms with van der Waals surface area (Å²) in [4.78, 5) is 18.7. The van der Waals surface area contributed by atoms with E-state index in [0.29, 0.717) is 10.8 Å². The monoisotopic (exact) mass is 305 g/mol. The Kier molecular flexibility index (Phi) is 4.01. The van der Waals surface area contributed by atoms with E-state index in [0.717, 1.165) is 31.9 Å². The summed E-state index contributed by atoms with van der Waals surface area (Å²) in [7, 11) is 0. The minimum absolute atomic E-state index is 0.217. The van der Waals surface area contributed by atoms with Gasteiger partial charge in [0.1, 0.15) is 17.2 Å². The van der Waals surface area contributed by atoms with Crippen LogP contribution in [0.25, 0.3) is 0 Å². The normalized spacial score (nSPS) is 18.5. The SMILES string of the molecule is Nc1ncnc(N[C@@H]2CCCN(c3ncccn3)C2)c1Cl.